The Morgan fingerprint density at radius 1 is 1.62 bits per heavy atom. The van der Waals surface area contributed by atoms with Crippen LogP contribution in [-0.4, -0.2) is 35.9 Å². The number of nitrogens with zero attached hydrogens (tertiary/aromatic N) is 1. The van der Waals surface area contributed by atoms with Crippen molar-refractivity contribution >= 4 is 6.29 Å². The van der Waals surface area contributed by atoms with Gasteiger partial charge in [0, 0.05) is 24.8 Å². The van der Waals surface area contributed by atoms with Gasteiger partial charge in [0.1, 0.15) is 11.8 Å². The van der Waals surface area contributed by atoms with Gasteiger partial charge in [-0.2, -0.15) is 0 Å². The Morgan fingerprint density at radius 2 is 2.44 bits per heavy atom. The minimum Gasteiger partial charge on any atom is -0.360 e. The lowest BCUT2D eigenvalue weighted by atomic mass is 9.86. The summed E-state index contributed by atoms with van der Waals surface area (Å²) in [6.45, 7) is 5.97. The first kappa shape index (κ1) is 11.6. The second kappa shape index (κ2) is 4.58. The molecule has 0 amide bonds. The minimum atomic E-state index is -0.311. The lowest BCUT2D eigenvalue weighted by Crippen LogP contribution is -2.64. The standard InChI is InChI=1S/C13H22N2O/c1-3-13(10-16)9-14-11-7-5-6-8-12(11)15(13)4-2/h8,10-11,14H,3-7,9H2,1-2H3. The van der Waals surface area contributed by atoms with Crippen LogP contribution in [0.1, 0.15) is 39.5 Å². The third-order valence-electron chi connectivity index (χ3n) is 4.06. The zero-order valence-electron chi connectivity index (χ0n) is 10.3. The fourth-order valence-corrected chi connectivity index (χ4v) is 3.02. The Labute approximate surface area is 97.9 Å². The Kier molecular flexibility index (Phi) is 3.33. The number of hydrogen-bond acceptors (Lipinski definition) is 3. The summed E-state index contributed by atoms with van der Waals surface area (Å²) in [6.07, 6.45) is 7.96. The van der Waals surface area contributed by atoms with E-state index < -0.39 is 0 Å². The molecular formula is C13H22N2O. The molecule has 1 aliphatic heterocycles. The molecule has 2 unspecified atom stereocenters. The first-order valence-corrected chi connectivity index (χ1v) is 6.45. The molecule has 3 nitrogen and oxygen atoms in total. The van der Waals surface area contributed by atoms with Crippen LogP contribution in [0.5, 0.6) is 0 Å². The number of allylic oxidation sites excluding steroid dienone is 1. The van der Waals surface area contributed by atoms with Gasteiger partial charge in [0.25, 0.3) is 0 Å². The van der Waals surface area contributed by atoms with Crippen molar-refractivity contribution in [2.75, 3.05) is 13.1 Å². The SMILES string of the molecule is CCN1C2=CCCCC2NCC1(C=O)CC. The summed E-state index contributed by atoms with van der Waals surface area (Å²) in [6, 6.07) is 0.480. The zero-order chi connectivity index (χ0) is 11.6. The molecule has 0 radical (unpaired) electrons. The molecule has 0 aromatic heterocycles. The van der Waals surface area contributed by atoms with E-state index >= 15 is 0 Å². The highest BCUT2D eigenvalue weighted by atomic mass is 16.1. The largest absolute Gasteiger partial charge is 0.360 e. The highest BCUT2D eigenvalue weighted by Crippen LogP contribution is 2.32. The quantitative estimate of drug-likeness (QED) is 0.738. The van der Waals surface area contributed by atoms with E-state index in [2.05, 4.69) is 30.1 Å². The van der Waals surface area contributed by atoms with Gasteiger partial charge in [-0.1, -0.05) is 13.0 Å². The molecule has 3 heteroatoms. The highest BCUT2D eigenvalue weighted by molar-refractivity contribution is 5.66. The fraction of sp³-hybridized carbons (Fsp3) is 0.769. The molecule has 0 saturated carbocycles. The lowest BCUT2D eigenvalue weighted by Gasteiger charge is -2.50. The van der Waals surface area contributed by atoms with Crippen LogP contribution < -0.4 is 5.32 Å². The van der Waals surface area contributed by atoms with Crippen LogP contribution in [0.4, 0.5) is 0 Å². The summed E-state index contributed by atoms with van der Waals surface area (Å²) in [5.74, 6) is 0. The normalized spacial score (nSPS) is 34.2. The molecular weight excluding hydrogens is 200 g/mol. The average molecular weight is 222 g/mol. The van der Waals surface area contributed by atoms with Crippen LogP contribution in [0.3, 0.4) is 0 Å². The van der Waals surface area contributed by atoms with Crippen molar-refractivity contribution in [3.05, 3.63) is 11.8 Å². The second-order valence-electron chi connectivity index (χ2n) is 4.81. The van der Waals surface area contributed by atoms with E-state index in [0.717, 1.165) is 32.2 Å². The van der Waals surface area contributed by atoms with Crippen molar-refractivity contribution in [3.63, 3.8) is 0 Å². The first-order valence-electron chi connectivity index (χ1n) is 6.45. The zero-order valence-corrected chi connectivity index (χ0v) is 10.3. The van der Waals surface area contributed by atoms with Gasteiger partial charge in [-0.25, -0.2) is 0 Å². The second-order valence-corrected chi connectivity index (χ2v) is 4.81. The molecule has 2 aliphatic rings. The fourth-order valence-electron chi connectivity index (χ4n) is 3.02. The van der Waals surface area contributed by atoms with E-state index in [4.69, 9.17) is 0 Å². The lowest BCUT2D eigenvalue weighted by molar-refractivity contribution is -0.119. The summed E-state index contributed by atoms with van der Waals surface area (Å²) in [5.41, 5.74) is 1.04. The summed E-state index contributed by atoms with van der Waals surface area (Å²) in [5, 5.41) is 3.54. The molecule has 0 bridgehead atoms. The Morgan fingerprint density at radius 3 is 3.06 bits per heavy atom. The molecule has 1 saturated heterocycles. The van der Waals surface area contributed by atoms with E-state index in [9.17, 15) is 4.79 Å². The molecule has 1 fully saturated rings. The van der Waals surface area contributed by atoms with Gasteiger partial charge in [0.05, 0.1) is 0 Å². The number of piperazine rings is 1. The third-order valence-corrected chi connectivity index (χ3v) is 4.06. The van der Waals surface area contributed by atoms with Crippen LogP contribution in [0.25, 0.3) is 0 Å². The Hall–Kier alpha value is -0.830. The van der Waals surface area contributed by atoms with Crippen LogP contribution >= 0.6 is 0 Å². The number of likely N-dealkylation sites (N-methyl/N-ethyl adjacent to an activating group) is 1. The van der Waals surface area contributed by atoms with Crippen molar-refractivity contribution in [1.82, 2.24) is 10.2 Å². The molecule has 0 aromatic carbocycles. The predicted molar refractivity (Wildman–Crippen MR) is 65.2 cm³/mol. The third kappa shape index (κ3) is 1.67. The Bertz CT molecular complexity index is 300. The number of rotatable bonds is 3. The van der Waals surface area contributed by atoms with E-state index in [1.165, 1.54) is 18.5 Å². The predicted octanol–water partition coefficient (Wildman–Crippen LogP) is 1.70. The average Bonchev–Trinajstić information content (AvgIpc) is 2.37. The van der Waals surface area contributed by atoms with Gasteiger partial charge in [-0.15, -0.1) is 0 Å². The molecule has 1 heterocycles. The van der Waals surface area contributed by atoms with Crippen molar-refractivity contribution in [2.45, 2.75) is 51.1 Å². The topological polar surface area (TPSA) is 32.3 Å². The van der Waals surface area contributed by atoms with E-state index in [1.54, 1.807) is 0 Å². The van der Waals surface area contributed by atoms with Gasteiger partial charge in [-0.05, 0) is 32.6 Å². The molecule has 1 aliphatic carbocycles. The smallest absolute Gasteiger partial charge is 0.146 e. The number of carbonyl (C=O) groups excluding carboxylic acids is 1. The molecule has 0 aromatic rings. The van der Waals surface area contributed by atoms with Crippen molar-refractivity contribution in [3.8, 4) is 0 Å². The van der Waals surface area contributed by atoms with Crippen LogP contribution in [-0.2, 0) is 4.79 Å². The summed E-state index contributed by atoms with van der Waals surface area (Å²) < 4.78 is 0. The van der Waals surface area contributed by atoms with E-state index in [1.807, 2.05) is 0 Å². The van der Waals surface area contributed by atoms with E-state index in [0.29, 0.717) is 6.04 Å². The molecule has 90 valence electrons. The molecule has 1 N–H and O–H groups in total. The van der Waals surface area contributed by atoms with Crippen LogP contribution in [0.15, 0.2) is 11.8 Å². The first-order chi connectivity index (χ1) is 7.77. The van der Waals surface area contributed by atoms with Crippen molar-refractivity contribution in [1.29, 1.82) is 0 Å². The maximum atomic E-state index is 11.4. The molecule has 2 atom stereocenters. The van der Waals surface area contributed by atoms with Gasteiger partial charge >= 0.3 is 0 Å². The van der Waals surface area contributed by atoms with Crippen LogP contribution in [0.2, 0.25) is 0 Å². The van der Waals surface area contributed by atoms with Crippen LogP contribution in [0, 0.1) is 0 Å². The highest BCUT2D eigenvalue weighted by Gasteiger charge is 2.42. The van der Waals surface area contributed by atoms with Gasteiger partial charge < -0.3 is 15.0 Å². The summed E-state index contributed by atoms with van der Waals surface area (Å²) in [4.78, 5) is 13.8. The van der Waals surface area contributed by atoms with E-state index in [-0.39, 0.29) is 5.54 Å². The van der Waals surface area contributed by atoms with Crippen molar-refractivity contribution < 1.29 is 4.79 Å². The monoisotopic (exact) mass is 222 g/mol. The summed E-state index contributed by atoms with van der Waals surface area (Å²) in [7, 11) is 0. The number of aldehydes is 1. The molecule has 2 rings (SSSR count). The maximum Gasteiger partial charge on any atom is 0.146 e. The summed E-state index contributed by atoms with van der Waals surface area (Å²) >= 11 is 0. The number of hydrogen-bond donors (Lipinski definition) is 1. The number of nitrogens with one attached hydrogen (secondary N) is 1. The molecule has 0 spiro atoms. The minimum absolute atomic E-state index is 0.311. The molecule has 16 heavy (non-hydrogen) atoms. The van der Waals surface area contributed by atoms with Gasteiger partial charge in [0.2, 0.25) is 0 Å². The maximum absolute atomic E-state index is 11.4. The van der Waals surface area contributed by atoms with Gasteiger partial charge in [0.15, 0.2) is 0 Å². The number of fused-ring (bicyclic) bond motifs is 1. The van der Waals surface area contributed by atoms with Gasteiger partial charge in [-0.3, -0.25) is 0 Å². The Balaban J connectivity index is 2.32. The number of carbonyl (C=O) groups is 1. The van der Waals surface area contributed by atoms with Crippen molar-refractivity contribution in [2.24, 2.45) is 0 Å².